The third-order valence-electron chi connectivity index (χ3n) is 4.77. The van der Waals surface area contributed by atoms with Crippen LogP contribution in [0.3, 0.4) is 0 Å². The van der Waals surface area contributed by atoms with E-state index in [1.807, 2.05) is 23.6 Å². The van der Waals surface area contributed by atoms with Crippen molar-refractivity contribution in [3.05, 3.63) is 24.0 Å². The second-order valence-electron chi connectivity index (χ2n) is 7.27. The lowest BCUT2D eigenvalue weighted by Crippen LogP contribution is -2.45. The second-order valence-corrected chi connectivity index (χ2v) is 7.27. The maximum atomic E-state index is 13.0. The Morgan fingerprint density at radius 1 is 1.32 bits per heavy atom. The van der Waals surface area contributed by atoms with Crippen molar-refractivity contribution in [3.8, 4) is 5.75 Å². The molecule has 1 aromatic heterocycles. The minimum Gasteiger partial charge on any atom is -0.489 e. The fraction of sp³-hybridized carbons (Fsp3) is 0.632. The van der Waals surface area contributed by atoms with E-state index < -0.39 is 0 Å². The molecule has 0 spiro atoms. The molecule has 1 aromatic rings. The smallest absolute Gasteiger partial charge is 0.255 e. The maximum Gasteiger partial charge on any atom is 0.255 e. The Morgan fingerprint density at radius 3 is 2.72 bits per heavy atom. The number of aromatic nitrogens is 1. The normalized spacial score (nSPS) is 20.0. The van der Waals surface area contributed by atoms with Gasteiger partial charge >= 0.3 is 0 Å². The van der Waals surface area contributed by atoms with Crippen molar-refractivity contribution >= 4 is 11.8 Å². The summed E-state index contributed by atoms with van der Waals surface area (Å²) in [4.78, 5) is 32.8. The van der Waals surface area contributed by atoms with Crippen LogP contribution >= 0.6 is 0 Å². The topological polar surface area (TPSA) is 62.7 Å². The Bertz CT molecular complexity index is 643. The lowest BCUT2D eigenvalue weighted by atomic mass is 10.1. The summed E-state index contributed by atoms with van der Waals surface area (Å²) < 4.78 is 5.64. The van der Waals surface area contributed by atoms with Crippen LogP contribution in [0.4, 0.5) is 0 Å². The Morgan fingerprint density at radius 2 is 2.08 bits per heavy atom. The highest BCUT2D eigenvalue weighted by molar-refractivity contribution is 5.94. The molecule has 0 N–H and O–H groups in total. The van der Waals surface area contributed by atoms with Crippen LogP contribution in [0, 0.1) is 0 Å². The first kappa shape index (κ1) is 17.7. The van der Waals surface area contributed by atoms with Gasteiger partial charge in [-0.15, -0.1) is 0 Å². The van der Waals surface area contributed by atoms with E-state index in [4.69, 9.17) is 4.74 Å². The molecule has 2 amide bonds. The van der Waals surface area contributed by atoms with E-state index in [0.717, 1.165) is 32.2 Å². The fourth-order valence-corrected chi connectivity index (χ4v) is 3.48. The molecule has 6 nitrogen and oxygen atoms in total. The van der Waals surface area contributed by atoms with Crippen LogP contribution in [0.1, 0.15) is 56.8 Å². The summed E-state index contributed by atoms with van der Waals surface area (Å²) in [5.74, 6) is 0.694. The molecule has 2 heterocycles. The number of carbonyl (C=O) groups is 2. The minimum atomic E-state index is -0.0245. The van der Waals surface area contributed by atoms with Gasteiger partial charge in [0.25, 0.3) is 5.91 Å². The predicted molar refractivity (Wildman–Crippen MR) is 94.5 cm³/mol. The van der Waals surface area contributed by atoms with Crippen molar-refractivity contribution in [2.45, 2.75) is 64.6 Å². The fourth-order valence-electron chi connectivity index (χ4n) is 3.48. The SMILES string of the molecule is CC(=O)N(CC1CCCN1C(=O)c1cncc(OC(C)C)c1)C1CC1. The van der Waals surface area contributed by atoms with Gasteiger partial charge in [-0.05, 0) is 45.6 Å². The Balaban J connectivity index is 1.71. The molecule has 6 heteroatoms. The number of likely N-dealkylation sites (tertiary alicyclic amines) is 1. The third kappa shape index (κ3) is 4.30. The molecule has 0 aromatic carbocycles. The Hall–Kier alpha value is -2.11. The molecule has 1 aliphatic heterocycles. The Kier molecular flexibility index (Phi) is 5.25. The predicted octanol–water partition coefficient (Wildman–Crippen LogP) is 2.48. The van der Waals surface area contributed by atoms with Crippen LogP contribution in [0.2, 0.25) is 0 Å². The van der Waals surface area contributed by atoms with Crippen molar-refractivity contribution in [2.24, 2.45) is 0 Å². The molecule has 0 bridgehead atoms. The number of pyridine rings is 1. The molecule has 2 fully saturated rings. The number of nitrogens with zero attached hydrogens (tertiary/aromatic N) is 3. The van der Waals surface area contributed by atoms with Crippen LogP contribution in [-0.4, -0.2) is 57.9 Å². The molecule has 1 aliphatic carbocycles. The largest absolute Gasteiger partial charge is 0.489 e. The summed E-state index contributed by atoms with van der Waals surface area (Å²) in [6, 6.07) is 2.22. The number of hydrogen-bond acceptors (Lipinski definition) is 4. The van der Waals surface area contributed by atoms with Gasteiger partial charge in [0.05, 0.1) is 17.9 Å². The standard InChI is InChI=1S/C19H27N3O3/c1-13(2)25-18-9-15(10-20-11-18)19(24)21-8-4-5-17(21)12-22(14(3)23)16-6-7-16/h9-11,13,16-17H,4-8,12H2,1-3H3. The van der Waals surface area contributed by atoms with Crippen molar-refractivity contribution < 1.29 is 14.3 Å². The lowest BCUT2D eigenvalue weighted by molar-refractivity contribution is -0.130. The van der Waals surface area contributed by atoms with Gasteiger partial charge in [0, 0.05) is 38.3 Å². The quantitative estimate of drug-likeness (QED) is 0.795. The summed E-state index contributed by atoms with van der Waals surface area (Å²) in [6.45, 7) is 6.88. The van der Waals surface area contributed by atoms with Crippen LogP contribution < -0.4 is 4.74 Å². The van der Waals surface area contributed by atoms with Crippen LogP contribution in [0.5, 0.6) is 5.75 Å². The van der Waals surface area contributed by atoms with Gasteiger partial charge in [0.15, 0.2) is 0 Å². The average molecular weight is 345 g/mol. The highest BCUT2D eigenvalue weighted by atomic mass is 16.5. The lowest BCUT2D eigenvalue weighted by Gasteiger charge is -2.30. The van der Waals surface area contributed by atoms with E-state index in [2.05, 4.69) is 4.98 Å². The highest BCUT2D eigenvalue weighted by Crippen LogP contribution is 2.30. The first-order chi connectivity index (χ1) is 12.0. The van der Waals surface area contributed by atoms with Gasteiger partial charge in [-0.25, -0.2) is 0 Å². The molecule has 1 atom stereocenters. The zero-order valence-electron chi connectivity index (χ0n) is 15.3. The highest BCUT2D eigenvalue weighted by Gasteiger charge is 2.36. The zero-order valence-corrected chi connectivity index (χ0v) is 15.3. The van der Waals surface area contributed by atoms with Gasteiger partial charge < -0.3 is 14.5 Å². The number of amides is 2. The maximum absolute atomic E-state index is 13.0. The number of hydrogen-bond donors (Lipinski definition) is 0. The number of ether oxygens (including phenoxy) is 1. The summed E-state index contributed by atoms with van der Waals surface area (Å²) in [7, 11) is 0. The van der Waals surface area contributed by atoms with Gasteiger partial charge in [-0.1, -0.05) is 0 Å². The summed E-state index contributed by atoms with van der Waals surface area (Å²) in [6.07, 6.45) is 7.34. The van der Waals surface area contributed by atoms with Crippen molar-refractivity contribution in [1.29, 1.82) is 0 Å². The first-order valence-electron chi connectivity index (χ1n) is 9.15. The van der Waals surface area contributed by atoms with E-state index in [9.17, 15) is 9.59 Å². The molecule has 1 unspecified atom stereocenters. The first-order valence-corrected chi connectivity index (χ1v) is 9.15. The molecule has 0 radical (unpaired) electrons. The molecule has 25 heavy (non-hydrogen) atoms. The van der Waals surface area contributed by atoms with Crippen molar-refractivity contribution in [3.63, 3.8) is 0 Å². The van der Waals surface area contributed by atoms with E-state index in [1.54, 1.807) is 25.4 Å². The molecular weight excluding hydrogens is 318 g/mol. The molecule has 1 saturated carbocycles. The monoisotopic (exact) mass is 345 g/mol. The van der Waals surface area contributed by atoms with Gasteiger partial charge in [0.2, 0.25) is 5.91 Å². The molecular formula is C19H27N3O3. The summed E-state index contributed by atoms with van der Waals surface area (Å²) >= 11 is 0. The number of rotatable bonds is 6. The van der Waals surface area contributed by atoms with Gasteiger partial charge in [-0.3, -0.25) is 14.6 Å². The minimum absolute atomic E-state index is 0.0245. The van der Waals surface area contributed by atoms with Gasteiger partial charge in [0.1, 0.15) is 5.75 Å². The molecule has 2 aliphatic rings. The van der Waals surface area contributed by atoms with E-state index in [1.165, 1.54) is 0 Å². The van der Waals surface area contributed by atoms with Crippen LogP contribution in [0.25, 0.3) is 0 Å². The van der Waals surface area contributed by atoms with Crippen LogP contribution in [0.15, 0.2) is 18.5 Å². The molecule has 3 rings (SSSR count). The summed E-state index contributed by atoms with van der Waals surface area (Å²) in [5, 5.41) is 0. The Labute approximate surface area is 149 Å². The van der Waals surface area contributed by atoms with Crippen molar-refractivity contribution in [2.75, 3.05) is 13.1 Å². The van der Waals surface area contributed by atoms with E-state index >= 15 is 0 Å². The second kappa shape index (κ2) is 7.42. The van der Waals surface area contributed by atoms with E-state index in [-0.39, 0.29) is 24.0 Å². The summed E-state index contributed by atoms with van der Waals surface area (Å²) in [5.41, 5.74) is 0.547. The molecule has 1 saturated heterocycles. The molecule has 136 valence electrons. The van der Waals surface area contributed by atoms with Crippen LogP contribution in [-0.2, 0) is 4.79 Å². The van der Waals surface area contributed by atoms with Gasteiger partial charge in [-0.2, -0.15) is 0 Å². The zero-order chi connectivity index (χ0) is 18.0. The third-order valence-corrected chi connectivity index (χ3v) is 4.77. The average Bonchev–Trinajstić information content (AvgIpc) is 3.29. The number of carbonyl (C=O) groups excluding carboxylic acids is 2. The van der Waals surface area contributed by atoms with Crippen molar-refractivity contribution in [1.82, 2.24) is 14.8 Å². The van der Waals surface area contributed by atoms with E-state index in [0.29, 0.717) is 23.9 Å².